The van der Waals surface area contributed by atoms with Crippen molar-refractivity contribution in [3.8, 4) is 0 Å². The van der Waals surface area contributed by atoms with E-state index in [1.807, 2.05) is 0 Å². The Balaban J connectivity index is 2.47. The normalized spacial score (nSPS) is 31.1. The van der Waals surface area contributed by atoms with Gasteiger partial charge in [-0.3, -0.25) is 0 Å². The minimum Gasteiger partial charge on any atom is -0.313 e. The minimum absolute atomic E-state index is 0.744. The Bertz CT molecular complexity index is 231. The Morgan fingerprint density at radius 3 is 2.47 bits per heavy atom. The largest absolute Gasteiger partial charge is 0.313 e. The monoisotopic (exact) mass is 285 g/mol. The topological polar surface area (TPSA) is 12.0 Å². The van der Waals surface area contributed by atoms with E-state index < -0.39 is 0 Å². The van der Waals surface area contributed by atoms with Gasteiger partial charge in [0.1, 0.15) is 0 Å². The molecule has 1 fully saturated rings. The summed E-state index contributed by atoms with van der Waals surface area (Å²) in [5.74, 6) is 4.07. The van der Waals surface area contributed by atoms with Crippen LogP contribution in [-0.4, -0.2) is 23.6 Å². The zero-order valence-electron chi connectivity index (χ0n) is 13.7. The Labute approximate surface area is 125 Å². The lowest BCUT2D eigenvalue weighted by molar-refractivity contribution is 0.178. The van der Waals surface area contributed by atoms with Crippen molar-refractivity contribution < 1.29 is 0 Å². The van der Waals surface area contributed by atoms with Crippen molar-refractivity contribution in [1.82, 2.24) is 5.32 Å². The van der Waals surface area contributed by atoms with Crippen LogP contribution in [0.15, 0.2) is 0 Å². The van der Waals surface area contributed by atoms with E-state index in [4.69, 9.17) is 0 Å². The van der Waals surface area contributed by atoms with Crippen LogP contribution in [0.4, 0.5) is 0 Å². The number of nitrogens with one attached hydrogen (secondary N) is 1. The summed E-state index contributed by atoms with van der Waals surface area (Å²) in [6.07, 6.45) is 6.86. The highest BCUT2D eigenvalue weighted by molar-refractivity contribution is 7.99. The molecule has 0 heterocycles. The standard InChI is InChI=1S/C17H35NS/c1-6-10-18-17(12-19-15(5)7-2)16-9-8-13(3)14(4)11-16/h13-18H,6-12H2,1-5H3. The van der Waals surface area contributed by atoms with E-state index in [1.165, 1.54) is 44.4 Å². The molecule has 5 atom stereocenters. The molecular weight excluding hydrogens is 250 g/mol. The van der Waals surface area contributed by atoms with Gasteiger partial charge in [-0.15, -0.1) is 0 Å². The van der Waals surface area contributed by atoms with Crippen LogP contribution in [0.25, 0.3) is 0 Å². The summed E-state index contributed by atoms with van der Waals surface area (Å²) >= 11 is 2.17. The van der Waals surface area contributed by atoms with Crippen molar-refractivity contribution >= 4 is 11.8 Å². The van der Waals surface area contributed by atoms with Gasteiger partial charge in [-0.1, -0.05) is 41.0 Å². The van der Waals surface area contributed by atoms with Crippen LogP contribution in [0.5, 0.6) is 0 Å². The summed E-state index contributed by atoms with van der Waals surface area (Å²) < 4.78 is 0. The van der Waals surface area contributed by atoms with E-state index in [0.29, 0.717) is 0 Å². The number of thioether (sulfide) groups is 1. The lowest BCUT2D eigenvalue weighted by atomic mass is 9.73. The second-order valence-electron chi connectivity index (χ2n) is 6.64. The molecule has 114 valence electrons. The van der Waals surface area contributed by atoms with Crippen molar-refractivity contribution in [2.24, 2.45) is 17.8 Å². The van der Waals surface area contributed by atoms with Gasteiger partial charge in [-0.2, -0.15) is 11.8 Å². The summed E-state index contributed by atoms with van der Waals surface area (Å²) in [5.41, 5.74) is 0. The molecule has 0 saturated heterocycles. The van der Waals surface area contributed by atoms with E-state index >= 15 is 0 Å². The molecule has 0 amide bonds. The Kier molecular flexibility index (Phi) is 8.48. The summed E-state index contributed by atoms with van der Waals surface area (Å²) in [6.45, 7) is 13.0. The van der Waals surface area contributed by atoms with Gasteiger partial charge in [0.15, 0.2) is 0 Å². The highest BCUT2D eigenvalue weighted by Crippen LogP contribution is 2.36. The number of hydrogen-bond acceptors (Lipinski definition) is 2. The first-order valence-electron chi connectivity index (χ1n) is 8.43. The highest BCUT2D eigenvalue weighted by Gasteiger charge is 2.29. The van der Waals surface area contributed by atoms with Gasteiger partial charge in [0.25, 0.3) is 0 Å². The average molecular weight is 286 g/mol. The minimum atomic E-state index is 0.744. The molecule has 0 aromatic heterocycles. The smallest absolute Gasteiger partial charge is 0.0186 e. The fourth-order valence-corrected chi connectivity index (χ4v) is 4.19. The lowest BCUT2D eigenvalue weighted by Gasteiger charge is -2.37. The third-order valence-electron chi connectivity index (χ3n) is 5.00. The molecule has 0 aromatic rings. The lowest BCUT2D eigenvalue weighted by Crippen LogP contribution is -2.42. The molecule has 0 radical (unpaired) electrons. The van der Waals surface area contributed by atoms with Crippen LogP contribution in [0.2, 0.25) is 0 Å². The second kappa shape index (κ2) is 9.28. The maximum Gasteiger partial charge on any atom is 0.0186 e. The van der Waals surface area contributed by atoms with Crippen molar-refractivity contribution in [3.63, 3.8) is 0 Å². The SMILES string of the molecule is CCCNC(CSC(C)CC)C1CCC(C)C(C)C1. The molecule has 1 aliphatic rings. The van der Waals surface area contributed by atoms with Gasteiger partial charge in [0.05, 0.1) is 0 Å². The van der Waals surface area contributed by atoms with Gasteiger partial charge in [0.2, 0.25) is 0 Å². The van der Waals surface area contributed by atoms with Crippen LogP contribution in [-0.2, 0) is 0 Å². The van der Waals surface area contributed by atoms with E-state index in [0.717, 1.165) is 29.0 Å². The van der Waals surface area contributed by atoms with Gasteiger partial charge < -0.3 is 5.32 Å². The molecule has 1 aliphatic carbocycles. The fourth-order valence-electron chi connectivity index (χ4n) is 3.03. The van der Waals surface area contributed by atoms with Crippen molar-refractivity contribution in [2.75, 3.05) is 12.3 Å². The number of rotatable bonds is 8. The van der Waals surface area contributed by atoms with Crippen LogP contribution < -0.4 is 5.32 Å². The van der Waals surface area contributed by atoms with Crippen LogP contribution >= 0.6 is 11.8 Å². The summed E-state index contributed by atoms with van der Waals surface area (Å²) in [5, 5.41) is 4.64. The van der Waals surface area contributed by atoms with E-state index in [1.54, 1.807) is 0 Å². The van der Waals surface area contributed by atoms with E-state index in [2.05, 4.69) is 51.7 Å². The van der Waals surface area contributed by atoms with E-state index in [-0.39, 0.29) is 0 Å². The Morgan fingerprint density at radius 2 is 1.89 bits per heavy atom. The van der Waals surface area contributed by atoms with Gasteiger partial charge >= 0.3 is 0 Å². The summed E-state index contributed by atoms with van der Waals surface area (Å²) in [4.78, 5) is 0. The molecule has 0 spiro atoms. The molecule has 1 rings (SSSR count). The first-order chi connectivity index (χ1) is 9.08. The maximum absolute atomic E-state index is 3.83. The summed E-state index contributed by atoms with van der Waals surface area (Å²) in [7, 11) is 0. The van der Waals surface area contributed by atoms with Gasteiger partial charge in [-0.05, 0) is 50.0 Å². The third-order valence-corrected chi connectivity index (χ3v) is 6.45. The molecule has 0 aliphatic heterocycles. The zero-order valence-corrected chi connectivity index (χ0v) is 14.6. The van der Waals surface area contributed by atoms with Crippen LogP contribution in [0.1, 0.15) is 66.7 Å². The highest BCUT2D eigenvalue weighted by atomic mass is 32.2. The van der Waals surface area contributed by atoms with Gasteiger partial charge in [0, 0.05) is 17.0 Å². The maximum atomic E-state index is 3.83. The molecule has 19 heavy (non-hydrogen) atoms. The van der Waals surface area contributed by atoms with Crippen molar-refractivity contribution in [2.45, 2.75) is 78.0 Å². The van der Waals surface area contributed by atoms with E-state index in [9.17, 15) is 0 Å². The summed E-state index contributed by atoms with van der Waals surface area (Å²) in [6, 6.07) is 0.744. The molecule has 1 N–H and O–H groups in total. The predicted molar refractivity (Wildman–Crippen MR) is 90.0 cm³/mol. The van der Waals surface area contributed by atoms with Crippen molar-refractivity contribution in [1.29, 1.82) is 0 Å². The first kappa shape index (κ1) is 17.4. The van der Waals surface area contributed by atoms with Gasteiger partial charge in [-0.25, -0.2) is 0 Å². The van der Waals surface area contributed by atoms with Crippen molar-refractivity contribution in [3.05, 3.63) is 0 Å². The fraction of sp³-hybridized carbons (Fsp3) is 1.00. The molecule has 2 heteroatoms. The predicted octanol–water partition coefficient (Wildman–Crippen LogP) is 4.96. The zero-order chi connectivity index (χ0) is 14.3. The molecular formula is C17H35NS. The molecule has 1 saturated carbocycles. The average Bonchev–Trinajstić information content (AvgIpc) is 2.42. The quantitative estimate of drug-likeness (QED) is 0.676. The molecule has 1 nitrogen and oxygen atoms in total. The Hall–Kier alpha value is 0.310. The number of hydrogen-bond donors (Lipinski definition) is 1. The second-order valence-corrected chi connectivity index (χ2v) is 8.11. The first-order valence-corrected chi connectivity index (χ1v) is 9.48. The van der Waals surface area contributed by atoms with Crippen LogP contribution in [0, 0.1) is 17.8 Å². The Morgan fingerprint density at radius 1 is 1.16 bits per heavy atom. The van der Waals surface area contributed by atoms with Crippen LogP contribution in [0.3, 0.4) is 0 Å². The molecule has 0 aromatic carbocycles. The molecule has 5 unspecified atom stereocenters. The third kappa shape index (κ3) is 6.08. The molecule has 0 bridgehead atoms.